The summed E-state index contributed by atoms with van der Waals surface area (Å²) in [6.45, 7) is 0. The van der Waals surface area contributed by atoms with Crippen LogP contribution in [0.25, 0.3) is 21.9 Å². The predicted octanol–water partition coefficient (Wildman–Crippen LogP) is 2.61. The maximum absolute atomic E-state index is 5.82. The minimum Gasteiger partial charge on any atom is -0.457 e. The molecule has 0 atom stereocenters. The lowest BCUT2D eigenvalue weighted by Crippen LogP contribution is -2.01. The summed E-state index contributed by atoms with van der Waals surface area (Å²) in [5.74, 6) is 0. The molecular formula is C12H8BBrO. The van der Waals surface area contributed by atoms with Gasteiger partial charge in [-0.25, -0.2) is 0 Å². The second kappa shape index (κ2) is 3.14. The van der Waals surface area contributed by atoms with E-state index in [-0.39, 0.29) is 0 Å². The number of fused-ring (bicyclic) bond motifs is 3. The molecule has 15 heavy (non-hydrogen) atoms. The number of hydrogen-bond donors (Lipinski definition) is 0. The van der Waals surface area contributed by atoms with Crippen molar-refractivity contribution in [3.05, 3.63) is 40.9 Å². The first kappa shape index (κ1) is 9.04. The first-order chi connectivity index (χ1) is 7.25. The Bertz CT molecular complexity index is 657. The van der Waals surface area contributed by atoms with Gasteiger partial charge in [-0.05, 0) is 17.6 Å². The second-order valence-corrected chi connectivity index (χ2v) is 4.61. The van der Waals surface area contributed by atoms with E-state index >= 15 is 0 Å². The van der Waals surface area contributed by atoms with Crippen molar-refractivity contribution in [3.63, 3.8) is 0 Å². The van der Waals surface area contributed by atoms with E-state index in [1.807, 2.05) is 18.2 Å². The monoisotopic (exact) mass is 258 g/mol. The second-order valence-electron chi connectivity index (χ2n) is 3.70. The Balaban J connectivity index is 2.61. The highest BCUT2D eigenvalue weighted by Crippen LogP contribution is 2.29. The molecule has 1 nitrogen and oxygen atoms in total. The first-order valence-corrected chi connectivity index (χ1v) is 5.62. The molecule has 0 fully saturated rings. The molecule has 0 aliphatic rings. The van der Waals surface area contributed by atoms with Crippen molar-refractivity contribution in [2.45, 2.75) is 0 Å². The zero-order valence-electron chi connectivity index (χ0n) is 8.25. The van der Waals surface area contributed by atoms with Crippen LogP contribution in [0.4, 0.5) is 0 Å². The van der Waals surface area contributed by atoms with Crippen LogP contribution in [0.3, 0.4) is 0 Å². The molecule has 0 radical (unpaired) electrons. The molecule has 0 bridgehead atoms. The molecule has 0 spiro atoms. The van der Waals surface area contributed by atoms with Crippen LogP contribution < -0.4 is 5.46 Å². The summed E-state index contributed by atoms with van der Waals surface area (Å²) < 4.78 is 6.91. The van der Waals surface area contributed by atoms with E-state index in [0.29, 0.717) is 0 Å². The summed E-state index contributed by atoms with van der Waals surface area (Å²) in [6, 6.07) is 12.3. The van der Waals surface area contributed by atoms with Gasteiger partial charge in [0.05, 0.1) is 0 Å². The van der Waals surface area contributed by atoms with E-state index in [9.17, 15) is 0 Å². The Hall–Kier alpha value is -1.22. The number of benzene rings is 2. The highest BCUT2D eigenvalue weighted by molar-refractivity contribution is 9.10. The largest absolute Gasteiger partial charge is 0.457 e. The molecule has 0 N–H and O–H groups in total. The highest BCUT2D eigenvalue weighted by atomic mass is 79.9. The molecule has 1 aromatic heterocycles. The van der Waals surface area contributed by atoms with Crippen LogP contribution in [0.5, 0.6) is 0 Å². The van der Waals surface area contributed by atoms with E-state index in [0.717, 1.165) is 21.1 Å². The maximum Gasteiger partial charge on any atom is 0.144 e. The van der Waals surface area contributed by atoms with Gasteiger partial charge in [-0.15, -0.1) is 0 Å². The van der Waals surface area contributed by atoms with Crippen molar-refractivity contribution >= 4 is 51.2 Å². The first-order valence-electron chi connectivity index (χ1n) is 4.83. The van der Waals surface area contributed by atoms with Crippen LogP contribution in [0.15, 0.2) is 45.3 Å². The van der Waals surface area contributed by atoms with Crippen molar-refractivity contribution in [1.29, 1.82) is 0 Å². The topological polar surface area (TPSA) is 13.1 Å². The van der Waals surface area contributed by atoms with Crippen molar-refractivity contribution < 1.29 is 4.42 Å². The molecule has 0 saturated carbocycles. The van der Waals surface area contributed by atoms with Gasteiger partial charge in [0.15, 0.2) is 0 Å². The summed E-state index contributed by atoms with van der Waals surface area (Å²) in [5.41, 5.74) is 3.10. The van der Waals surface area contributed by atoms with Crippen LogP contribution in [0.1, 0.15) is 0 Å². The maximum atomic E-state index is 5.82. The van der Waals surface area contributed by atoms with Gasteiger partial charge < -0.3 is 4.42 Å². The number of furan rings is 1. The number of hydrogen-bond acceptors (Lipinski definition) is 1. The van der Waals surface area contributed by atoms with Gasteiger partial charge in [-0.3, -0.25) is 0 Å². The van der Waals surface area contributed by atoms with E-state index in [1.165, 1.54) is 10.8 Å². The van der Waals surface area contributed by atoms with Gasteiger partial charge in [0.1, 0.15) is 19.0 Å². The Morgan fingerprint density at radius 2 is 1.87 bits per heavy atom. The van der Waals surface area contributed by atoms with E-state index in [2.05, 4.69) is 42.0 Å². The molecule has 3 aromatic rings. The molecule has 0 saturated heterocycles. The zero-order chi connectivity index (χ0) is 10.4. The molecule has 2 aromatic carbocycles. The Morgan fingerprint density at radius 1 is 1.07 bits per heavy atom. The molecular weight excluding hydrogens is 251 g/mol. The van der Waals surface area contributed by atoms with Gasteiger partial charge >= 0.3 is 0 Å². The van der Waals surface area contributed by atoms with Gasteiger partial charge in [-0.2, -0.15) is 0 Å². The van der Waals surface area contributed by atoms with Gasteiger partial charge in [0.25, 0.3) is 0 Å². The average Bonchev–Trinajstić information content (AvgIpc) is 2.57. The third-order valence-electron chi connectivity index (χ3n) is 2.63. The van der Waals surface area contributed by atoms with Crippen LogP contribution in [-0.4, -0.2) is 7.85 Å². The van der Waals surface area contributed by atoms with Gasteiger partial charge in [0, 0.05) is 15.2 Å². The minimum absolute atomic E-state index is 0.953. The molecule has 0 unspecified atom stereocenters. The van der Waals surface area contributed by atoms with Crippen molar-refractivity contribution in [1.82, 2.24) is 0 Å². The molecule has 0 amide bonds. The lowest BCUT2D eigenvalue weighted by atomic mass is 9.94. The Labute approximate surface area is 96.6 Å². The molecule has 0 aliphatic carbocycles. The lowest BCUT2D eigenvalue weighted by molar-refractivity contribution is 0.671. The fourth-order valence-corrected chi connectivity index (χ4v) is 2.53. The number of rotatable bonds is 0. The summed E-state index contributed by atoms with van der Waals surface area (Å²) >= 11 is 3.51. The van der Waals surface area contributed by atoms with Gasteiger partial charge in [0.2, 0.25) is 0 Å². The molecule has 1 heterocycles. The van der Waals surface area contributed by atoms with Crippen LogP contribution in [0, 0.1) is 0 Å². The van der Waals surface area contributed by atoms with E-state index < -0.39 is 0 Å². The van der Waals surface area contributed by atoms with Crippen LogP contribution >= 0.6 is 15.9 Å². The smallest absolute Gasteiger partial charge is 0.144 e. The summed E-state index contributed by atoms with van der Waals surface area (Å²) in [6.07, 6.45) is 0. The molecule has 72 valence electrons. The van der Waals surface area contributed by atoms with Crippen molar-refractivity contribution in [2.24, 2.45) is 0 Å². The van der Waals surface area contributed by atoms with E-state index in [1.54, 1.807) is 0 Å². The molecule has 0 aliphatic heterocycles. The van der Waals surface area contributed by atoms with Gasteiger partial charge in [-0.1, -0.05) is 40.2 Å². The normalized spacial score (nSPS) is 11.3. The fraction of sp³-hybridized carbons (Fsp3) is 0. The standard InChI is InChI=1S/C12H8BBrO/c13-10-6-7(14)5-9-8-3-1-2-4-11(8)15-12(9)10/h1-6H,13H2. The minimum atomic E-state index is 0.953. The Kier molecular flexibility index (Phi) is 1.89. The van der Waals surface area contributed by atoms with Crippen LogP contribution in [0.2, 0.25) is 0 Å². The van der Waals surface area contributed by atoms with Crippen LogP contribution in [-0.2, 0) is 0 Å². The molecule has 3 heteroatoms. The van der Waals surface area contributed by atoms with Crippen molar-refractivity contribution in [3.8, 4) is 0 Å². The summed E-state index contributed by atoms with van der Waals surface area (Å²) in [7, 11) is 2.06. The highest BCUT2D eigenvalue weighted by Gasteiger charge is 2.08. The fourth-order valence-electron chi connectivity index (χ4n) is 1.95. The zero-order valence-corrected chi connectivity index (χ0v) is 9.84. The third-order valence-corrected chi connectivity index (χ3v) is 3.09. The van der Waals surface area contributed by atoms with E-state index in [4.69, 9.17) is 4.42 Å². The Morgan fingerprint density at radius 3 is 2.73 bits per heavy atom. The SMILES string of the molecule is Bc1cc(Br)cc2c1oc1ccccc12. The van der Waals surface area contributed by atoms with Crippen molar-refractivity contribution in [2.75, 3.05) is 0 Å². The number of halogens is 1. The quantitative estimate of drug-likeness (QED) is 0.565. The lowest BCUT2D eigenvalue weighted by Gasteiger charge is -1.95. The average molecular weight is 259 g/mol. The predicted molar refractivity (Wildman–Crippen MR) is 69.6 cm³/mol. The summed E-state index contributed by atoms with van der Waals surface area (Å²) in [4.78, 5) is 0. The third kappa shape index (κ3) is 1.30. The summed E-state index contributed by atoms with van der Waals surface area (Å²) in [5, 5.41) is 2.36. The number of para-hydroxylation sites is 1. The molecule has 3 rings (SSSR count).